The molecule has 12 heteroatoms. The van der Waals surface area contributed by atoms with Gasteiger partial charge in [-0.25, -0.2) is 0 Å². The molecule has 42 heavy (non-hydrogen) atoms. The van der Waals surface area contributed by atoms with Crippen LogP contribution in [0, 0.1) is 6.92 Å². The lowest BCUT2D eigenvalue weighted by atomic mass is 10.1. The molecule has 0 amide bonds. The number of ether oxygens (including phenoxy) is 1. The van der Waals surface area contributed by atoms with Gasteiger partial charge in [0.2, 0.25) is 0 Å². The standard InChI is InChI=1S/C30H24N5OS.BF3.FH/c1-21-13-15-24(16-14-21)29-32-34(25-17-19-26(36-2)20-18-25)35(33-29)30-31-27(22-9-5-3-6-10-22)28(37-30)23-11-7-4-8-12-23;2-1(3)4;/h3-20H,1-2H3;;1H/q+1;;/p-1. The summed E-state index contributed by atoms with van der Waals surface area (Å²) in [5.74, 6) is 1.40. The van der Waals surface area contributed by atoms with Crippen LogP contribution in [0.4, 0.5) is 12.9 Å². The predicted molar refractivity (Wildman–Crippen MR) is 155 cm³/mol. The van der Waals surface area contributed by atoms with E-state index in [-0.39, 0.29) is 4.70 Å². The lowest BCUT2D eigenvalue weighted by Crippen LogP contribution is -3.00. The van der Waals surface area contributed by atoms with E-state index in [1.54, 1.807) is 28.0 Å². The van der Waals surface area contributed by atoms with Crippen molar-refractivity contribution in [3.8, 4) is 49.7 Å². The molecule has 0 aliphatic rings. The normalized spacial score (nSPS) is 10.3. The number of nitrogens with zero attached hydrogens (tertiary/aromatic N) is 5. The Morgan fingerprint density at radius 1 is 0.762 bits per heavy atom. The summed E-state index contributed by atoms with van der Waals surface area (Å²) in [6.45, 7) is 2.07. The molecular weight excluding hydrogens is 565 g/mol. The number of aromatic nitrogens is 5. The summed E-state index contributed by atoms with van der Waals surface area (Å²) >= 11 is 1.59. The molecule has 0 bridgehead atoms. The van der Waals surface area contributed by atoms with Crippen LogP contribution in [0.5, 0.6) is 5.75 Å². The molecule has 0 N–H and O–H groups in total. The fourth-order valence-corrected chi connectivity index (χ4v) is 5.11. The van der Waals surface area contributed by atoms with Crippen molar-refractivity contribution in [2.45, 2.75) is 6.92 Å². The van der Waals surface area contributed by atoms with Crippen molar-refractivity contribution in [1.29, 1.82) is 0 Å². The Bertz CT molecular complexity index is 1660. The van der Waals surface area contributed by atoms with Crippen LogP contribution in [0.1, 0.15) is 5.56 Å². The van der Waals surface area contributed by atoms with E-state index in [1.165, 1.54) is 5.56 Å². The average molecular weight is 589 g/mol. The Balaban J connectivity index is 0.000000763. The second-order valence-corrected chi connectivity index (χ2v) is 9.80. The molecule has 2 heterocycles. The van der Waals surface area contributed by atoms with Crippen molar-refractivity contribution in [2.75, 3.05) is 7.11 Å². The molecule has 0 saturated carbocycles. The number of benzene rings is 4. The van der Waals surface area contributed by atoms with Gasteiger partial charge in [-0.15, -0.1) is 0 Å². The van der Waals surface area contributed by atoms with Gasteiger partial charge in [0.05, 0.1) is 12.0 Å². The van der Waals surface area contributed by atoms with Crippen molar-refractivity contribution in [3.05, 3.63) is 115 Å². The second kappa shape index (κ2) is 13.7. The van der Waals surface area contributed by atoms with E-state index in [0.717, 1.165) is 43.8 Å². The lowest BCUT2D eigenvalue weighted by Gasteiger charge is -2.01. The van der Waals surface area contributed by atoms with Crippen LogP contribution in [0.3, 0.4) is 0 Å². The summed E-state index contributed by atoms with van der Waals surface area (Å²) in [4.78, 5) is 9.75. The first-order valence-corrected chi connectivity index (χ1v) is 13.4. The number of rotatable bonds is 6. The molecule has 2 aromatic heterocycles. The van der Waals surface area contributed by atoms with Crippen LogP contribution < -0.4 is 14.2 Å². The molecule has 0 aliphatic carbocycles. The molecule has 0 spiro atoms. The van der Waals surface area contributed by atoms with E-state index in [4.69, 9.17) is 19.9 Å². The minimum Gasteiger partial charge on any atom is -1.00 e. The van der Waals surface area contributed by atoms with Crippen LogP contribution >= 0.6 is 11.3 Å². The highest BCUT2D eigenvalue weighted by Gasteiger charge is 2.28. The van der Waals surface area contributed by atoms with Gasteiger partial charge < -0.3 is 9.44 Å². The third kappa shape index (κ3) is 6.89. The predicted octanol–water partition coefficient (Wildman–Crippen LogP) is 4.20. The molecule has 6 nitrogen and oxygen atoms in total. The number of aryl methyl sites for hydroxylation is 1. The van der Waals surface area contributed by atoms with Crippen molar-refractivity contribution in [3.63, 3.8) is 0 Å². The van der Waals surface area contributed by atoms with Crippen LogP contribution in [0.25, 0.3) is 43.9 Å². The van der Waals surface area contributed by atoms with E-state index >= 15 is 0 Å². The van der Waals surface area contributed by atoms with E-state index < -0.39 is 7.54 Å². The summed E-state index contributed by atoms with van der Waals surface area (Å²) in [5.41, 5.74) is 6.06. The number of methoxy groups -OCH3 is 1. The quantitative estimate of drug-likeness (QED) is 0.166. The lowest BCUT2D eigenvalue weighted by molar-refractivity contribution is -0.734. The molecule has 0 atom stereocenters. The maximum atomic E-state index is 9.67. The Hall–Kier alpha value is -4.84. The summed E-state index contributed by atoms with van der Waals surface area (Å²) < 4.78 is 34.4. The van der Waals surface area contributed by atoms with Crippen molar-refractivity contribution in [2.24, 2.45) is 0 Å². The van der Waals surface area contributed by atoms with Gasteiger partial charge in [0.25, 0.3) is 5.82 Å². The minimum atomic E-state index is -3.67. The van der Waals surface area contributed by atoms with E-state index in [9.17, 15) is 12.9 Å². The summed E-state index contributed by atoms with van der Waals surface area (Å²) in [6, 6.07) is 36.6. The van der Waals surface area contributed by atoms with Gasteiger partial charge in [0.1, 0.15) is 11.4 Å². The van der Waals surface area contributed by atoms with Gasteiger partial charge in [-0.1, -0.05) is 94.7 Å². The smallest absolute Gasteiger partial charge is 0.762 e. The fraction of sp³-hybridized carbons (Fsp3) is 0.0667. The number of halogens is 4. The molecule has 0 fully saturated rings. The second-order valence-electron chi connectivity index (χ2n) is 8.82. The molecular formula is C30H24BF4N5OS. The van der Waals surface area contributed by atoms with Crippen LogP contribution in [-0.4, -0.2) is 34.6 Å². The van der Waals surface area contributed by atoms with Crippen LogP contribution in [0.2, 0.25) is 0 Å². The van der Waals surface area contributed by atoms with Gasteiger partial charge in [-0.05, 0) is 63.6 Å². The topological polar surface area (TPSA) is 56.7 Å². The number of hydrogen-bond donors (Lipinski definition) is 0. The number of tetrazole rings is 1. The zero-order valence-electron chi connectivity index (χ0n) is 22.5. The first-order valence-electron chi connectivity index (χ1n) is 12.6. The molecule has 212 valence electrons. The number of hydrogen-bond acceptors (Lipinski definition) is 5. The highest BCUT2D eigenvalue weighted by atomic mass is 32.1. The highest BCUT2D eigenvalue weighted by molar-refractivity contribution is 7.17. The average Bonchev–Trinajstić information content (AvgIpc) is 3.64. The van der Waals surface area contributed by atoms with E-state index in [1.807, 2.05) is 72.8 Å². The van der Waals surface area contributed by atoms with Gasteiger partial charge in [-0.2, -0.15) is 0 Å². The SMILES string of the molecule is COc1ccc(-n2nc(-c3ccc(C)cc3)n[n+]2-c2nc(-c3ccccc3)c(-c3ccccc3)s2)cc1.FB(F)F.[F-]. The van der Waals surface area contributed by atoms with Crippen molar-refractivity contribution in [1.82, 2.24) is 20.0 Å². The summed E-state index contributed by atoms with van der Waals surface area (Å²) in [6.07, 6.45) is 0. The first-order chi connectivity index (χ1) is 19.9. The zero-order valence-corrected chi connectivity index (χ0v) is 23.4. The van der Waals surface area contributed by atoms with E-state index in [2.05, 4.69) is 43.3 Å². The number of thiazole rings is 1. The monoisotopic (exact) mass is 589 g/mol. The van der Waals surface area contributed by atoms with Gasteiger partial charge in [0.15, 0.2) is 5.69 Å². The molecule has 6 rings (SSSR count). The highest BCUT2D eigenvalue weighted by Crippen LogP contribution is 2.37. The fourth-order valence-electron chi connectivity index (χ4n) is 4.08. The molecule has 6 aromatic rings. The van der Waals surface area contributed by atoms with Gasteiger partial charge in [-0.3, -0.25) is 12.9 Å². The van der Waals surface area contributed by atoms with Gasteiger partial charge in [0, 0.05) is 16.2 Å². The third-order valence-corrected chi connectivity index (χ3v) is 7.11. The molecule has 0 unspecified atom stereocenters. The Labute approximate surface area is 244 Å². The molecule has 4 aromatic carbocycles. The maximum absolute atomic E-state index is 9.67. The third-order valence-electron chi connectivity index (χ3n) is 6.04. The zero-order chi connectivity index (χ0) is 28.8. The van der Waals surface area contributed by atoms with Crippen molar-refractivity contribution >= 4 is 18.9 Å². The summed E-state index contributed by atoms with van der Waals surface area (Å²) in [7, 11) is -2.01. The Kier molecular flexibility index (Phi) is 9.82. The minimum absolute atomic E-state index is 0. The molecule has 0 radical (unpaired) electrons. The maximum Gasteiger partial charge on any atom is 0.762 e. The first kappa shape index (κ1) is 30.1. The van der Waals surface area contributed by atoms with Crippen LogP contribution in [-0.2, 0) is 0 Å². The Morgan fingerprint density at radius 3 is 1.90 bits per heavy atom. The molecule has 0 aliphatic heterocycles. The van der Waals surface area contributed by atoms with Crippen LogP contribution in [0.15, 0.2) is 109 Å². The van der Waals surface area contributed by atoms with E-state index in [0.29, 0.717) is 5.82 Å². The van der Waals surface area contributed by atoms with Gasteiger partial charge >= 0.3 is 12.7 Å². The molecule has 0 saturated heterocycles. The van der Waals surface area contributed by atoms with Crippen molar-refractivity contribution < 1.29 is 27.2 Å². The largest absolute Gasteiger partial charge is 1.00 e. The summed E-state index contributed by atoms with van der Waals surface area (Å²) in [5, 5.41) is 10.5. The Morgan fingerprint density at radius 2 is 1.33 bits per heavy atom.